The Morgan fingerprint density at radius 3 is 2.10 bits per heavy atom. The zero-order valence-corrected chi connectivity index (χ0v) is 18.1. The highest BCUT2D eigenvalue weighted by Gasteiger charge is 2.37. The minimum absolute atomic E-state index is 0.0821. The number of ether oxygens (including phenoxy) is 2. The number of fused-ring (bicyclic) bond motifs is 1. The van der Waals surface area contributed by atoms with Gasteiger partial charge in [-0.1, -0.05) is 25.5 Å². The fourth-order valence-electron chi connectivity index (χ4n) is 3.15. The average Bonchev–Trinajstić information content (AvgIpc) is 2.67. The Labute approximate surface area is 180 Å². The number of aromatic hydroxyl groups is 2. The summed E-state index contributed by atoms with van der Waals surface area (Å²) in [7, 11) is 0. The van der Waals surface area contributed by atoms with Crippen molar-refractivity contribution in [1.29, 1.82) is 0 Å². The molecule has 0 amide bonds. The van der Waals surface area contributed by atoms with Gasteiger partial charge in [0.1, 0.15) is 17.6 Å². The lowest BCUT2D eigenvalue weighted by molar-refractivity contribution is -0.172. The summed E-state index contributed by atoms with van der Waals surface area (Å²) < 4.78 is 10.6. The first-order chi connectivity index (χ1) is 14.4. The lowest BCUT2D eigenvalue weighted by atomic mass is 9.85. The van der Waals surface area contributed by atoms with Crippen molar-refractivity contribution < 1.29 is 38.9 Å². The van der Waals surface area contributed by atoms with E-state index in [9.17, 15) is 29.4 Å². The number of allylic oxidation sites excluding steroid dienone is 2. The molecule has 1 aliphatic rings. The van der Waals surface area contributed by atoms with Crippen LogP contribution in [0.4, 0.5) is 0 Å². The van der Waals surface area contributed by atoms with Crippen LogP contribution in [0.15, 0.2) is 35.4 Å². The molecule has 0 fully saturated rings. The number of ketones is 2. The highest BCUT2D eigenvalue weighted by molar-refractivity contribution is 6.27. The molecule has 2 N–H and O–H groups in total. The fourth-order valence-corrected chi connectivity index (χ4v) is 3.15. The smallest absolute Gasteiger partial charge is 0.348 e. The third kappa shape index (κ3) is 5.39. The minimum atomic E-state index is -1.19. The van der Waals surface area contributed by atoms with Gasteiger partial charge in [0.05, 0.1) is 11.1 Å². The van der Waals surface area contributed by atoms with E-state index in [2.05, 4.69) is 0 Å². The molecule has 0 saturated carbocycles. The summed E-state index contributed by atoms with van der Waals surface area (Å²) in [6.07, 6.45) is 0.456. The second-order valence-corrected chi connectivity index (χ2v) is 7.86. The summed E-state index contributed by atoms with van der Waals surface area (Å²) in [6, 6.07) is 2.22. The number of carbonyl (C=O) groups is 4. The van der Waals surface area contributed by atoms with Crippen LogP contribution in [-0.2, 0) is 19.1 Å². The Morgan fingerprint density at radius 2 is 1.58 bits per heavy atom. The Kier molecular flexibility index (Phi) is 7.38. The molecule has 31 heavy (non-hydrogen) atoms. The van der Waals surface area contributed by atoms with Gasteiger partial charge in [0, 0.05) is 24.8 Å². The van der Waals surface area contributed by atoms with E-state index < -0.39 is 47.2 Å². The molecule has 1 aliphatic carbocycles. The van der Waals surface area contributed by atoms with Crippen LogP contribution in [-0.4, -0.2) is 45.9 Å². The molecule has 0 heterocycles. The molecule has 0 spiro atoms. The van der Waals surface area contributed by atoms with E-state index in [1.165, 1.54) is 6.92 Å². The van der Waals surface area contributed by atoms with Gasteiger partial charge in [-0.2, -0.15) is 0 Å². The molecular formula is C23H26O8. The zero-order chi connectivity index (χ0) is 23.5. The van der Waals surface area contributed by atoms with Gasteiger partial charge in [-0.25, -0.2) is 4.79 Å². The van der Waals surface area contributed by atoms with Gasteiger partial charge >= 0.3 is 11.9 Å². The summed E-state index contributed by atoms with van der Waals surface area (Å²) in [4.78, 5) is 49.8. The maximum absolute atomic E-state index is 13.1. The standard InChI is InChI=1S/C23H26O8/c1-11(2)6-9-18(31-23(29)22(12(3)4)30-13(5)24)14-10-17(27)19-15(25)7-8-16(26)20(19)21(14)28/h6-8,10,12,18,22,25-26H,9H2,1-5H3/t18-,22?/m1/s1. The second-order valence-electron chi connectivity index (χ2n) is 7.86. The van der Waals surface area contributed by atoms with Crippen LogP contribution >= 0.6 is 0 Å². The van der Waals surface area contributed by atoms with E-state index in [0.29, 0.717) is 0 Å². The van der Waals surface area contributed by atoms with E-state index in [1.54, 1.807) is 19.9 Å². The predicted octanol–water partition coefficient (Wildman–Crippen LogP) is 3.26. The molecule has 0 radical (unpaired) electrons. The first-order valence-corrected chi connectivity index (χ1v) is 9.80. The Morgan fingerprint density at radius 1 is 1.00 bits per heavy atom. The summed E-state index contributed by atoms with van der Waals surface area (Å²) in [5.74, 6) is -4.25. The monoisotopic (exact) mass is 430 g/mol. The van der Waals surface area contributed by atoms with Crippen LogP contribution in [0.2, 0.25) is 0 Å². The number of esters is 2. The molecule has 0 bridgehead atoms. The summed E-state index contributed by atoms with van der Waals surface area (Å²) in [5, 5.41) is 20.1. The van der Waals surface area contributed by atoms with E-state index in [4.69, 9.17) is 9.47 Å². The SMILES string of the molecule is CC(=O)OC(C(=O)O[C@H](CC=C(C)C)C1=CC(=O)c2c(O)ccc(O)c2C1=O)C(C)C. The Hall–Kier alpha value is -3.42. The third-order valence-corrected chi connectivity index (χ3v) is 4.66. The van der Waals surface area contributed by atoms with Crippen molar-refractivity contribution in [2.24, 2.45) is 5.92 Å². The maximum Gasteiger partial charge on any atom is 0.348 e. The molecule has 2 atom stereocenters. The molecule has 0 aromatic heterocycles. The van der Waals surface area contributed by atoms with Crippen molar-refractivity contribution in [3.63, 3.8) is 0 Å². The number of phenols is 2. The van der Waals surface area contributed by atoms with Crippen LogP contribution in [0, 0.1) is 5.92 Å². The van der Waals surface area contributed by atoms with E-state index in [-0.39, 0.29) is 29.0 Å². The Balaban J connectivity index is 2.47. The van der Waals surface area contributed by atoms with Crippen molar-refractivity contribution in [3.8, 4) is 11.5 Å². The largest absolute Gasteiger partial charge is 0.507 e. The predicted molar refractivity (Wildman–Crippen MR) is 111 cm³/mol. The van der Waals surface area contributed by atoms with Crippen molar-refractivity contribution in [2.75, 3.05) is 0 Å². The van der Waals surface area contributed by atoms with Gasteiger partial charge in [-0.05, 0) is 32.1 Å². The quantitative estimate of drug-likeness (QED) is 0.383. The molecule has 1 unspecified atom stereocenters. The van der Waals surface area contributed by atoms with Crippen LogP contribution in [0.1, 0.15) is 61.8 Å². The van der Waals surface area contributed by atoms with Crippen LogP contribution < -0.4 is 0 Å². The van der Waals surface area contributed by atoms with Gasteiger partial charge in [-0.3, -0.25) is 14.4 Å². The van der Waals surface area contributed by atoms with Gasteiger partial charge < -0.3 is 19.7 Å². The second kappa shape index (κ2) is 9.59. The average molecular weight is 430 g/mol. The van der Waals surface area contributed by atoms with Crippen LogP contribution in [0.5, 0.6) is 11.5 Å². The maximum atomic E-state index is 13.1. The molecule has 0 saturated heterocycles. The fraction of sp³-hybridized carbons (Fsp3) is 0.391. The van der Waals surface area contributed by atoms with Gasteiger partial charge in [0.25, 0.3) is 0 Å². The number of phenolic OH excluding ortho intramolecular Hbond substituents is 2. The van der Waals surface area contributed by atoms with Crippen molar-refractivity contribution in [2.45, 2.75) is 53.2 Å². The third-order valence-electron chi connectivity index (χ3n) is 4.66. The zero-order valence-electron chi connectivity index (χ0n) is 18.1. The molecular weight excluding hydrogens is 404 g/mol. The number of benzene rings is 1. The Bertz CT molecular complexity index is 980. The van der Waals surface area contributed by atoms with Crippen molar-refractivity contribution in [3.05, 3.63) is 46.6 Å². The normalized spacial score (nSPS) is 15.0. The van der Waals surface area contributed by atoms with Gasteiger partial charge in [0.15, 0.2) is 11.6 Å². The summed E-state index contributed by atoms with van der Waals surface area (Å²) in [5.41, 5.74) is 0.0919. The van der Waals surface area contributed by atoms with Gasteiger partial charge in [-0.15, -0.1) is 0 Å². The van der Waals surface area contributed by atoms with E-state index in [0.717, 1.165) is 23.8 Å². The lowest BCUT2D eigenvalue weighted by Crippen LogP contribution is -2.37. The number of hydrogen-bond donors (Lipinski definition) is 2. The molecule has 8 heteroatoms. The summed E-state index contributed by atoms with van der Waals surface area (Å²) in [6.45, 7) is 8.14. The number of rotatable bonds is 7. The molecule has 166 valence electrons. The summed E-state index contributed by atoms with van der Waals surface area (Å²) >= 11 is 0. The van der Waals surface area contributed by atoms with Crippen molar-refractivity contribution in [1.82, 2.24) is 0 Å². The first kappa shape index (κ1) is 23.9. The topological polar surface area (TPSA) is 127 Å². The highest BCUT2D eigenvalue weighted by atomic mass is 16.6. The van der Waals surface area contributed by atoms with Crippen molar-refractivity contribution >= 4 is 23.5 Å². The van der Waals surface area contributed by atoms with Gasteiger partial charge in [0.2, 0.25) is 6.10 Å². The number of hydrogen-bond acceptors (Lipinski definition) is 8. The molecule has 0 aliphatic heterocycles. The molecule has 2 rings (SSSR count). The van der Waals surface area contributed by atoms with E-state index in [1.807, 2.05) is 13.8 Å². The molecule has 8 nitrogen and oxygen atoms in total. The number of carbonyl (C=O) groups excluding carboxylic acids is 4. The van der Waals surface area contributed by atoms with Crippen LogP contribution in [0.3, 0.4) is 0 Å². The molecule has 1 aromatic rings. The van der Waals surface area contributed by atoms with E-state index >= 15 is 0 Å². The lowest BCUT2D eigenvalue weighted by Gasteiger charge is -2.26. The number of Topliss-reactive ketones (excluding diaryl/α,β-unsaturated/α-hetero) is 1. The minimum Gasteiger partial charge on any atom is -0.507 e. The highest BCUT2D eigenvalue weighted by Crippen LogP contribution is 2.36. The first-order valence-electron chi connectivity index (χ1n) is 9.80. The molecule has 1 aromatic carbocycles. The van der Waals surface area contributed by atoms with Crippen LogP contribution in [0.25, 0.3) is 0 Å².